The van der Waals surface area contributed by atoms with Crippen LogP contribution in [0.3, 0.4) is 0 Å². The minimum atomic E-state index is -0.397. The third-order valence-electron chi connectivity index (χ3n) is 2.36. The van der Waals surface area contributed by atoms with E-state index in [1.165, 1.54) is 0 Å². The van der Waals surface area contributed by atoms with Crippen molar-refractivity contribution in [2.45, 2.75) is 13.0 Å². The van der Waals surface area contributed by atoms with Crippen LogP contribution in [0.2, 0.25) is 0 Å². The van der Waals surface area contributed by atoms with E-state index in [2.05, 4.69) is 0 Å². The van der Waals surface area contributed by atoms with Gasteiger partial charge in [0.1, 0.15) is 11.9 Å². The fraction of sp³-hybridized carbons (Fsp3) is 0.417. The summed E-state index contributed by atoms with van der Waals surface area (Å²) in [4.78, 5) is 11.8. The maximum absolute atomic E-state index is 11.8. The maximum Gasteiger partial charge on any atom is 0.338 e. The van der Waals surface area contributed by atoms with E-state index in [0.29, 0.717) is 36.8 Å². The molecule has 1 aliphatic heterocycles. The van der Waals surface area contributed by atoms with Crippen molar-refractivity contribution < 1.29 is 19.0 Å². The second-order valence-electron chi connectivity index (χ2n) is 3.79. The number of esters is 1. The molecule has 17 heavy (non-hydrogen) atoms. The summed E-state index contributed by atoms with van der Waals surface area (Å²) < 4.78 is 15.4. The van der Waals surface area contributed by atoms with Crippen molar-refractivity contribution in [1.29, 1.82) is 0 Å². The van der Waals surface area contributed by atoms with Gasteiger partial charge in [0.25, 0.3) is 0 Å². The van der Waals surface area contributed by atoms with E-state index in [1.807, 2.05) is 6.92 Å². The van der Waals surface area contributed by atoms with Crippen LogP contribution in [0.1, 0.15) is 17.3 Å². The van der Waals surface area contributed by atoms with Crippen molar-refractivity contribution in [3.8, 4) is 5.75 Å². The molecule has 1 aliphatic rings. The van der Waals surface area contributed by atoms with Gasteiger partial charge in [0.2, 0.25) is 0 Å². The van der Waals surface area contributed by atoms with Crippen molar-refractivity contribution in [2.24, 2.45) is 0 Å². The van der Waals surface area contributed by atoms with Crippen LogP contribution in [0.5, 0.6) is 5.75 Å². The second-order valence-corrected chi connectivity index (χ2v) is 3.79. The minimum absolute atomic E-state index is 0.139. The molecule has 2 rings (SSSR count). The average molecular weight is 237 g/mol. The monoisotopic (exact) mass is 237 g/mol. The predicted molar refractivity (Wildman–Crippen MR) is 62.0 cm³/mol. The molecule has 92 valence electrons. The van der Waals surface area contributed by atoms with Crippen LogP contribution in [-0.4, -0.2) is 31.9 Å². The van der Waals surface area contributed by atoms with E-state index in [0.717, 1.165) is 0 Å². The first-order chi connectivity index (χ1) is 8.19. The first kappa shape index (κ1) is 11.7. The minimum Gasteiger partial charge on any atom is -0.494 e. The fourth-order valence-corrected chi connectivity index (χ4v) is 1.49. The van der Waals surface area contributed by atoms with Crippen molar-refractivity contribution in [3.05, 3.63) is 23.8 Å². The van der Waals surface area contributed by atoms with Gasteiger partial charge >= 0.3 is 5.97 Å². The number of hydrogen-bond donors (Lipinski definition) is 1. The van der Waals surface area contributed by atoms with Crippen LogP contribution < -0.4 is 10.5 Å². The number of benzene rings is 1. The number of ether oxygens (including phenoxy) is 3. The van der Waals surface area contributed by atoms with Gasteiger partial charge in [-0.2, -0.15) is 0 Å². The Morgan fingerprint density at radius 3 is 2.82 bits per heavy atom. The largest absolute Gasteiger partial charge is 0.494 e. The Bertz CT molecular complexity index is 415. The normalized spacial score (nSPS) is 15.1. The van der Waals surface area contributed by atoms with Gasteiger partial charge in [-0.15, -0.1) is 0 Å². The third kappa shape index (κ3) is 2.88. The highest BCUT2D eigenvalue weighted by Gasteiger charge is 2.23. The number of rotatable bonds is 4. The van der Waals surface area contributed by atoms with Gasteiger partial charge in [0.05, 0.1) is 25.4 Å². The molecular weight excluding hydrogens is 222 g/mol. The Balaban J connectivity index is 2.09. The first-order valence-electron chi connectivity index (χ1n) is 5.51. The Morgan fingerprint density at radius 2 is 2.24 bits per heavy atom. The van der Waals surface area contributed by atoms with E-state index < -0.39 is 5.97 Å². The van der Waals surface area contributed by atoms with Crippen LogP contribution in [0.4, 0.5) is 5.69 Å². The lowest BCUT2D eigenvalue weighted by Crippen LogP contribution is -2.37. The molecule has 0 bridgehead atoms. The lowest BCUT2D eigenvalue weighted by molar-refractivity contribution is -0.103. The highest BCUT2D eigenvalue weighted by molar-refractivity contribution is 5.91. The van der Waals surface area contributed by atoms with Crippen LogP contribution >= 0.6 is 0 Å². The number of hydrogen-bond acceptors (Lipinski definition) is 5. The van der Waals surface area contributed by atoms with Crippen LogP contribution in [-0.2, 0) is 9.47 Å². The molecule has 1 aromatic rings. The standard InChI is InChI=1S/C12H15NO4/c1-2-16-10-4-8(3-9(13)5-10)12(14)17-11-6-15-7-11/h3-5,11H,2,6-7,13H2,1H3. The van der Waals surface area contributed by atoms with Gasteiger partial charge in [-0.25, -0.2) is 4.79 Å². The van der Waals surface area contributed by atoms with Crippen LogP contribution in [0.25, 0.3) is 0 Å². The molecule has 0 unspecified atom stereocenters. The van der Waals surface area contributed by atoms with Gasteiger partial charge in [0.15, 0.2) is 0 Å². The number of nitrogens with two attached hydrogens (primary N) is 1. The number of nitrogen functional groups attached to an aromatic ring is 1. The van der Waals surface area contributed by atoms with E-state index in [-0.39, 0.29) is 6.10 Å². The van der Waals surface area contributed by atoms with E-state index in [9.17, 15) is 4.79 Å². The predicted octanol–water partition coefficient (Wildman–Crippen LogP) is 1.22. The highest BCUT2D eigenvalue weighted by Crippen LogP contribution is 2.20. The van der Waals surface area contributed by atoms with E-state index in [1.54, 1.807) is 18.2 Å². The topological polar surface area (TPSA) is 70.8 Å². The summed E-state index contributed by atoms with van der Waals surface area (Å²) in [6.07, 6.45) is -0.139. The molecule has 5 heteroatoms. The van der Waals surface area contributed by atoms with Gasteiger partial charge < -0.3 is 19.9 Å². The average Bonchev–Trinajstić information content (AvgIpc) is 2.23. The summed E-state index contributed by atoms with van der Waals surface area (Å²) in [5, 5.41) is 0. The number of carbonyl (C=O) groups is 1. The van der Waals surface area contributed by atoms with Crippen molar-refractivity contribution in [1.82, 2.24) is 0 Å². The third-order valence-corrected chi connectivity index (χ3v) is 2.36. The highest BCUT2D eigenvalue weighted by atomic mass is 16.6. The zero-order chi connectivity index (χ0) is 12.3. The van der Waals surface area contributed by atoms with Crippen LogP contribution in [0.15, 0.2) is 18.2 Å². The summed E-state index contributed by atoms with van der Waals surface area (Å²) in [6, 6.07) is 4.87. The second kappa shape index (κ2) is 5.05. The summed E-state index contributed by atoms with van der Waals surface area (Å²) in [5.41, 5.74) is 6.57. The van der Waals surface area contributed by atoms with E-state index in [4.69, 9.17) is 19.9 Å². The van der Waals surface area contributed by atoms with Gasteiger partial charge in [-0.3, -0.25) is 0 Å². The van der Waals surface area contributed by atoms with E-state index >= 15 is 0 Å². The SMILES string of the molecule is CCOc1cc(N)cc(C(=O)OC2COC2)c1. The molecule has 1 saturated heterocycles. The van der Waals surface area contributed by atoms with Gasteiger partial charge in [0, 0.05) is 11.8 Å². The van der Waals surface area contributed by atoms with Crippen molar-refractivity contribution in [3.63, 3.8) is 0 Å². The van der Waals surface area contributed by atoms with Crippen molar-refractivity contribution >= 4 is 11.7 Å². The summed E-state index contributed by atoms with van der Waals surface area (Å²) >= 11 is 0. The van der Waals surface area contributed by atoms with Gasteiger partial charge in [-0.05, 0) is 19.1 Å². The molecule has 0 saturated carbocycles. The van der Waals surface area contributed by atoms with Crippen LogP contribution in [0, 0.1) is 0 Å². The van der Waals surface area contributed by atoms with Gasteiger partial charge in [-0.1, -0.05) is 0 Å². The molecular formula is C12H15NO4. The molecule has 0 atom stereocenters. The molecule has 1 aromatic carbocycles. The summed E-state index contributed by atoms with van der Waals surface area (Å²) in [7, 11) is 0. The van der Waals surface area contributed by atoms with Crippen molar-refractivity contribution in [2.75, 3.05) is 25.6 Å². The Labute approximate surface area is 99.5 Å². The summed E-state index contributed by atoms with van der Waals surface area (Å²) in [5.74, 6) is 0.177. The Hall–Kier alpha value is -1.75. The number of anilines is 1. The fourth-order valence-electron chi connectivity index (χ4n) is 1.49. The Kier molecular flexibility index (Phi) is 3.49. The molecule has 2 N–H and O–H groups in total. The number of carbonyl (C=O) groups excluding carboxylic acids is 1. The molecule has 0 aromatic heterocycles. The molecule has 0 spiro atoms. The lowest BCUT2D eigenvalue weighted by atomic mass is 10.2. The zero-order valence-electron chi connectivity index (χ0n) is 9.64. The summed E-state index contributed by atoms with van der Waals surface area (Å²) in [6.45, 7) is 3.32. The smallest absolute Gasteiger partial charge is 0.338 e. The molecule has 5 nitrogen and oxygen atoms in total. The molecule has 0 radical (unpaired) electrons. The lowest BCUT2D eigenvalue weighted by Gasteiger charge is -2.25. The first-order valence-corrected chi connectivity index (χ1v) is 5.51. The Morgan fingerprint density at radius 1 is 1.47 bits per heavy atom. The molecule has 0 aliphatic carbocycles. The molecule has 0 amide bonds. The zero-order valence-corrected chi connectivity index (χ0v) is 9.64. The quantitative estimate of drug-likeness (QED) is 0.629. The molecule has 1 fully saturated rings. The molecule has 1 heterocycles. The maximum atomic E-state index is 11.8.